The van der Waals surface area contributed by atoms with Gasteiger partial charge in [-0.05, 0) is 49.4 Å². The number of carbonyl (C=O) groups is 1. The van der Waals surface area contributed by atoms with Gasteiger partial charge in [-0.25, -0.2) is 0 Å². The van der Waals surface area contributed by atoms with Crippen molar-refractivity contribution >= 4 is 28.4 Å². The maximum Gasteiger partial charge on any atom is 0.268 e. The normalized spacial score (nSPS) is 10.8. The number of benzene rings is 2. The van der Waals surface area contributed by atoms with Crippen LogP contribution in [0.25, 0.3) is 10.9 Å². The van der Waals surface area contributed by atoms with Crippen LogP contribution in [0.3, 0.4) is 0 Å². The van der Waals surface area contributed by atoms with Crippen molar-refractivity contribution in [3.63, 3.8) is 0 Å². The molecule has 4 nitrogen and oxygen atoms in total. The molecule has 3 rings (SSSR count). The highest BCUT2D eigenvalue weighted by molar-refractivity contribution is 6.30. The van der Waals surface area contributed by atoms with Gasteiger partial charge in [-0.2, -0.15) is 0 Å². The second-order valence-electron chi connectivity index (χ2n) is 5.71. The molecule has 1 amide bonds. The Kier molecular flexibility index (Phi) is 4.76. The molecule has 0 aliphatic rings. The van der Waals surface area contributed by atoms with Gasteiger partial charge in [0, 0.05) is 23.0 Å². The van der Waals surface area contributed by atoms with Crippen LogP contribution in [0.5, 0.6) is 5.75 Å². The molecule has 0 aliphatic heterocycles. The number of fused-ring (bicyclic) bond motifs is 1. The summed E-state index contributed by atoms with van der Waals surface area (Å²) >= 11 is 5.83. The molecule has 2 aromatic carbocycles. The third-order valence-electron chi connectivity index (χ3n) is 3.90. The topological polar surface area (TPSA) is 43.3 Å². The van der Waals surface area contributed by atoms with E-state index in [4.69, 9.17) is 16.3 Å². The lowest BCUT2D eigenvalue weighted by Gasteiger charge is -2.08. The van der Waals surface area contributed by atoms with Crippen molar-refractivity contribution in [2.45, 2.75) is 6.92 Å². The van der Waals surface area contributed by atoms with Crippen LogP contribution in [0.2, 0.25) is 5.02 Å². The molecule has 0 bridgehead atoms. The second-order valence-corrected chi connectivity index (χ2v) is 6.15. The van der Waals surface area contributed by atoms with Gasteiger partial charge in [0.15, 0.2) is 0 Å². The number of nitrogens with zero attached hydrogens (tertiary/aromatic N) is 1. The van der Waals surface area contributed by atoms with Gasteiger partial charge in [0.2, 0.25) is 0 Å². The Labute approximate surface area is 146 Å². The monoisotopic (exact) mass is 342 g/mol. The molecule has 0 saturated heterocycles. The molecule has 1 N–H and O–H groups in total. The average Bonchev–Trinajstić information content (AvgIpc) is 2.89. The fraction of sp³-hybridized carbons (Fsp3) is 0.211. The summed E-state index contributed by atoms with van der Waals surface area (Å²) in [6, 6.07) is 15.2. The Bertz CT molecular complexity index is 869. The van der Waals surface area contributed by atoms with Crippen molar-refractivity contribution in [1.29, 1.82) is 0 Å². The predicted molar refractivity (Wildman–Crippen MR) is 96.9 cm³/mol. The zero-order valence-electron chi connectivity index (χ0n) is 13.7. The van der Waals surface area contributed by atoms with Crippen LogP contribution >= 0.6 is 11.6 Å². The summed E-state index contributed by atoms with van der Waals surface area (Å²) in [5.41, 5.74) is 2.86. The maximum absolute atomic E-state index is 12.4. The van der Waals surface area contributed by atoms with Gasteiger partial charge in [-0.15, -0.1) is 0 Å². The molecule has 3 aromatic rings. The molecule has 0 saturated carbocycles. The van der Waals surface area contributed by atoms with Crippen LogP contribution in [-0.4, -0.2) is 23.6 Å². The minimum Gasteiger partial charge on any atom is -0.492 e. The van der Waals surface area contributed by atoms with Crippen molar-refractivity contribution < 1.29 is 9.53 Å². The summed E-state index contributed by atoms with van der Waals surface area (Å²) in [5, 5.41) is 4.62. The molecule has 1 aromatic heterocycles. The number of hydrogen-bond donors (Lipinski definition) is 1. The number of rotatable bonds is 5. The van der Waals surface area contributed by atoms with Crippen LogP contribution < -0.4 is 10.1 Å². The third-order valence-corrected chi connectivity index (χ3v) is 4.15. The number of aryl methyl sites for hydroxylation is 2. The lowest BCUT2D eigenvalue weighted by atomic mass is 10.2. The minimum absolute atomic E-state index is 0.106. The van der Waals surface area contributed by atoms with Gasteiger partial charge >= 0.3 is 0 Å². The van der Waals surface area contributed by atoms with Crippen molar-refractivity contribution in [3.8, 4) is 5.75 Å². The Balaban J connectivity index is 1.59. The fourth-order valence-corrected chi connectivity index (χ4v) is 2.77. The van der Waals surface area contributed by atoms with Crippen LogP contribution in [-0.2, 0) is 7.05 Å². The van der Waals surface area contributed by atoms with Crippen LogP contribution in [0.4, 0.5) is 0 Å². The molecule has 124 valence electrons. The quantitative estimate of drug-likeness (QED) is 0.713. The summed E-state index contributed by atoms with van der Waals surface area (Å²) in [6.07, 6.45) is 0. The molecule has 24 heavy (non-hydrogen) atoms. The van der Waals surface area contributed by atoms with E-state index in [0.717, 1.165) is 16.7 Å². The lowest BCUT2D eigenvalue weighted by Crippen LogP contribution is -2.29. The lowest BCUT2D eigenvalue weighted by molar-refractivity contribution is 0.0939. The van der Waals surface area contributed by atoms with Gasteiger partial charge in [-0.3, -0.25) is 4.79 Å². The van der Waals surface area contributed by atoms with Gasteiger partial charge < -0.3 is 14.6 Å². The number of hydrogen-bond acceptors (Lipinski definition) is 2. The number of carbonyl (C=O) groups excluding carboxylic acids is 1. The van der Waals surface area contributed by atoms with E-state index in [-0.39, 0.29) is 5.91 Å². The Morgan fingerprint density at radius 2 is 1.92 bits per heavy atom. The molecular weight excluding hydrogens is 324 g/mol. The van der Waals surface area contributed by atoms with Gasteiger partial charge in [-0.1, -0.05) is 23.2 Å². The molecule has 1 heterocycles. The number of ether oxygens (including phenoxy) is 1. The number of halogens is 1. The van der Waals surface area contributed by atoms with E-state index in [2.05, 4.69) is 11.4 Å². The first-order valence-corrected chi connectivity index (χ1v) is 8.15. The van der Waals surface area contributed by atoms with Crippen LogP contribution in [0, 0.1) is 6.92 Å². The smallest absolute Gasteiger partial charge is 0.268 e. The number of amides is 1. The number of aromatic nitrogens is 1. The molecule has 0 spiro atoms. The molecular formula is C19H19ClN2O2. The first kappa shape index (κ1) is 16.4. The summed E-state index contributed by atoms with van der Waals surface area (Å²) < 4.78 is 7.48. The highest BCUT2D eigenvalue weighted by Crippen LogP contribution is 2.20. The van der Waals surface area contributed by atoms with Crippen LogP contribution in [0.1, 0.15) is 16.1 Å². The Hall–Kier alpha value is -2.46. The van der Waals surface area contributed by atoms with E-state index >= 15 is 0 Å². The largest absolute Gasteiger partial charge is 0.492 e. The van der Waals surface area contributed by atoms with Crippen molar-refractivity contribution in [2.24, 2.45) is 7.05 Å². The van der Waals surface area contributed by atoms with E-state index in [1.54, 1.807) is 24.3 Å². The van der Waals surface area contributed by atoms with Crippen LogP contribution in [0.15, 0.2) is 48.5 Å². The molecule has 0 radical (unpaired) electrons. The molecule has 0 fully saturated rings. The first-order chi connectivity index (χ1) is 11.5. The Morgan fingerprint density at radius 1 is 1.17 bits per heavy atom. The fourth-order valence-electron chi connectivity index (χ4n) is 2.64. The van der Waals surface area contributed by atoms with Crippen molar-refractivity contribution in [1.82, 2.24) is 9.88 Å². The van der Waals surface area contributed by atoms with E-state index in [1.807, 2.05) is 36.7 Å². The Morgan fingerprint density at radius 3 is 2.67 bits per heavy atom. The van der Waals surface area contributed by atoms with E-state index in [0.29, 0.717) is 23.9 Å². The summed E-state index contributed by atoms with van der Waals surface area (Å²) in [6.45, 7) is 2.87. The molecule has 0 aliphatic carbocycles. The molecule has 0 atom stereocenters. The summed E-state index contributed by atoms with van der Waals surface area (Å²) in [5.74, 6) is 0.625. The second kappa shape index (κ2) is 6.97. The average molecular weight is 343 g/mol. The predicted octanol–water partition coefficient (Wildman–Crippen LogP) is 3.95. The van der Waals surface area contributed by atoms with Gasteiger partial charge in [0.25, 0.3) is 5.91 Å². The third kappa shape index (κ3) is 3.54. The van der Waals surface area contributed by atoms with E-state index < -0.39 is 0 Å². The maximum atomic E-state index is 12.4. The van der Waals surface area contributed by atoms with Crippen molar-refractivity contribution in [3.05, 3.63) is 64.8 Å². The molecule has 0 unspecified atom stereocenters. The van der Waals surface area contributed by atoms with Gasteiger partial charge in [0.05, 0.1) is 6.54 Å². The zero-order chi connectivity index (χ0) is 17.1. The SMILES string of the molecule is Cc1ccc2c(c1)cc(C(=O)NCCOc1ccc(Cl)cc1)n2C. The molecule has 5 heteroatoms. The number of nitrogens with one attached hydrogen (secondary N) is 1. The highest BCUT2D eigenvalue weighted by atomic mass is 35.5. The summed E-state index contributed by atoms with van der Waals surface area (Å²) in [4.78, 5) is 12.4. The van der Waals surface area contributed by atoms with Crippen molar-refractivity contribution in [2.75, 3.05) is 13.2 Å². The first-order valence-electron chi connectivity index (χ1n) is 7.77. The zero-order valence-corrected chi connectivity index (χ0v) is 14.4. The van der Waals surface area contributed by atoms with E-state index in [9.17, 15) is 4.79 Å². The minimum atomic E-state index is -0.106. The van der Waals surface area contributed by atoms with Gasteiger partial charge in [0.1, 0.15) is 18.1 Å². The standard InChI is InChI=1S/C19H19ClN2O2/c1-13-3-8-17-14(11-13)12-18(22(17)2)19(23)21-9-10-24-16-6-4-15(20)5-7-16/h3-8,11-12H,9-10H2,1-2H3,(H,21,23). The highest BCUT2D eigenvalue weighted by Gasteiger charge is 2.12. The summed E-state index contributed by atoms with van der Waals surface area (Å²) in [7, 11) is 1.90. The van der Waals surface area contributed by atoms with E-state index in [1.165, 1.54) is 5.56 Å².